The van der Waals surface area contributed by atoms with Crippen LogP contribution in [0.15, 0.2) is 37.0 Å². The zero-order valence-electron chi connectivity index (χ0n) is 8.94. The second-order valence-electron chi connectivity index (χ2n) is 3.03. The minimum atomic E-state index is 0.664. The van der Waals surface area contributed by atoms with Crippen LogP contribution < -0.4 is 5.73 Å². The number of rotatable bonds is 5. The number of hydrogen-bond acceptors (Lipinski definition) is 3. The van der Waals surface area contributed by atoms with Crippen LogP contribution in [-0.4, -0.2) is 4.98 Å². The van der Waals surface area contributed by atoms with E-state index < -0.39 is 0 Å². The summed E-state index contributed by atoms with van der Waals surface area (Å²) in [6.07, 6.45) is 11.6. The van der Waals surface area contributed by atoms with Crippen LogP contribution in [0.5, 0.6) is 0 Å². The summed E-state index contributed by atoms with van der Waals surface area (Å²) >= 11 is 1.57. The Kier molecular flexibility index (Phi) is 4.84. The van der Waals surface area contributed by atoms with Crippen molar-refractivity contribution in [1.29, 1.82) is 0 Å². The lowest BCUT2D eigenvalue weighted by Crippen LogP contribution is -1.87. The van der Waals surface area contributed by atoms with E-state index in [1.165, 1.54) is 4.88 Å². The van der Waals surface area contributed by atoms with Crippen molar-refractivity contribution in [3.63, 3.8) is 0 Å². The van der Waals surface area contributed by atoms with Crippen LogP contribution >= 0.6 is 11.3 Å². The first-order valence-electron chi connectivity index (χ1n) is 4.96. The molecule has 0 aliphatic carbocycles. The maximum absolute atomic E-state index is 5.66. The number of nitrogens with two attached hydrogens (primary N) is 1. The van der Waals surface area contributed by atoms with E-state index in [1.807, 2.05) is 18.2 Å². The summed E-state index contributed by atoms with van der Waals surface area (Å²) in [5.74, 6) is 0. The smallest absolute Gasteiger partial charge is 0.180 e. The molecule has 0 spiro atoms. The van der Waals surface area contributed by atoms with E-state index in [-0.39, 0.29) is 0 Å². The van der Waals surface area contributed by atoms with Crippen LogP contribution in [0.1, 0.15) is 17.5 Å². The van der Waals surface area contributed by atoms with Gasteiger partial charge in [0.25, 0.3) is 0 Å². The van der Waals surface area contributed by atoms with Crippen molar-refractivity contribution in [3.8, 4) is 0 Å². The lowest BCUT2D eigenvalue weighted by Gasteiger charge is -1.92. The molecule has 0 bridgehead atoms. The molecule has 15 heavy (non-hydrogen) atoms. The van der Waals surface area contributed by atoms with E-state index in [0.29, 0.717) is 5.13 Å². The molecule has 1 aromatic heterocycles. The molecule has 1 heterocycles. The van der Waals surface area contributed by atoms with Gasteiger partial charge in [-0.05, 0) is 6.42 Å². The highest BCUT2D eigenvalue weighted by Crippen LogP contribution is 2.21. The molecular formula is C12H16N2S. The zero-order valence-corrected chi connectivity index (χ0v) is 9.76. The summed E-state index contributed by atoms with van der Waals surface area (Å²) in [6, 6.07) is 0. The highest BCUT2D eigenvalue weighted by atomic mass is 32.1. The summed E-state index contributed by atoms with van der Waals surface area (Å²) < 4.78 is 0. The van der Waals surface area contributed by atoms with Crippen molar-refractivity contribution < 1.29 is 0 Å². The Bertz CT molecular complexity index is 375. The third kappa shape index (κ3) is 3.72. The lowest BCUT2D eigenvalue weighted by atomic mass is 10.2. The molecule has 0 saturated heterocycles. The normalized spacial score (nSPS) is 11.5. The highest BCUT2D eigenvalue weighted by molar-refractivity contribution is 7.15. The van der Waals surface area contributed by atoms with Gasteiger partial charge < -0.3 is 5.73 Å². The van der Waals surface area contributed by atoms with Crippen molar-refractivity contribution in [2.24, 2.45) is 0 Å². The quantitative estimate of drug-likeness (QED) is 0.774. The van der Waals surface area contributed by atoms with Gasteiger partial charge in [-0.1, -0.05) is 43.9 Å². The minimum absolute atomic E-state index is 0.664. The summed E-state index contributed by atoms with van der Waals surface area (Å²) in [4.78, 5) is 5.53. The number of thiazole rings is 1. The highest BCUT2D eigenvalue weighted by Gasteiger charge is 2.05. The Hall–Kier alpha value is -1.35. The molecule has 1 rings (SSSR count). The van der Waals surface area contributed by atoms with Gasteiger partial charge in [-0.2, -0.15) is 0 Å². The van der Waals surface area contributed by atoms with E-state index in [1.54, 1.807) is 17.4 Å². The lowest BCUT2D eigenvalue weighted by molar-refractivity contribution is 1.03. The number of anilines is 1. The summed E-state index contributed by atoms with van der Waals surface area (Å²) in [7, 11) is 0. The summed E-state index contributed by atoms with van der Waals surface area (Å²) in [5, 5.41) is 0.664. The predicted octanol–water partition coefficient (Wildman–Crippen LogP) is 3.13. The van der Waals surface area contributed by atoms with Crippen molar-refractivity contribution in [2.75, 3.05) is 5.73 Å². The molecule has 0 radical (unpaired) electrons. The summed E-state index contributed by atoms with van der Waals surface area (Å²) in [6.45, 7) is 5.70. The van der Waals surface area contributed by atoms with Gasteiger partial charge in [0.1, 0.15) is 0 Å². The number of hydrogen-bond donors (Lipinski definition) is 1. The molecule has 0 fully saturated rings. The maximum Gasteiger partial charge on any atom is 0.180 e. The average Bonchev–Trinajstić information content (AvgIpc) is 2.59. The molecule has 0 aliphatic heterocycles. The van der Waals surface area contributed by atoms with E-state index in [2.05, 4.69) is 24.6 Å². The van der Waals surface area contributed by atoms with Gasteiger partial charge in [0, 0.05) is 11.3 Å². The Morgan fingerprint density at radius 2 is 2.20 bits per heavy atom. The fourth-order valence-electron chi connectivity index (χ4n) is 1.24. The first kappa shape index (κ1) is 11.7. The van der Waals surface area contributed by atoms with Crippen LogP contribution in [0.3, 0.4) is 0 Å². The first-order chi connectivity index (χ1) is 7.27. The van der Waals surface area contributed by atoms with Crippen molar-refractivity contribution in [1.82, 2.24) is 4.98 Å². The fourth-order valence-corrected chi connectivity index (χ4v) is 2.13. The molecule has 0 saturated carbocycles. The third-order valence-electron chi connectivity index (χ3n) is 1.93. The zero-order chi connectivity index (χ0) is 11.1. The molecule has 0 atom stereocenters. The van der Waals surface area contributed by atoms with Crippen molar-refractivity contribution in [2.45, 2.75) is 19.8 Å². The molecule has 0 aliphatic rings. The summed E-state index contributed by atoms with van der Waals surface area (Å²) in [5.41, 5.74) is 6.78. The molecular weight excluding hydrogens is 204 g/mol. The number of nitrogen functional groups attached to an aromatic ring is 1. The predicted molar refractivity (Wildman–Crippen MR) is 68.1 cm³/mol. The van der Waals surface area contributed by atoms with Gasteiger partial charge in [-0.25, -0.2) is 4.98 Å². The largest absolute Gasteiger partial charge is 0.375 e. The Morgan fingerprint density at radius 3 is 2.87 bits per heavy atom. The van der Waals surface area contributed by atoms with Crippen molar-refractivity contribution in [3.05, 3.63) is 47.5 Å². The van der Waals surface area contributed by atoms with Gasteiger partial charge in [-0.15, -0.1) is 11.3 Å². The van der Waals surface area contributed by atoms with Gasteiger partial charge >= 0.3 is 0 Å². The van der Waals surface area contributed by atoms with Crippen molar-refractivity contribution >= 4 is 16.5 Å². The standard InChI is InChI=1S/C12H16N2S/c1-3-5-6-7-8-9-11-10(4-2)14-12(13)15-11/h3,5-8H,1,4,9H2,2H3,(H2,13,14)/b6-5-,8-7-. The van der Waals surface area contributed by atoms with Gasteiger partial charge in [0.15, 0.2) is 5.13 Å². The van der Waals surface area contributed by atoms with Crippen LogP contribution in [0.4, 0.5) is 5.13 Å². The number of nitrogens with zero attached hydrogens (tertiary/aromatic N) is 1. The molecule has 3 heteroatoms. The maximum atomic E-state index is 5.66. The number of allylic oxidation sites excluding steroid dienone is 5. The fraction of sp³-hybridized carbons (Fsp3) is 0.250. The Morgan fingerprint density at radius 1 is 1.40 bits per heavy atom. The molecule has 0 unspecified atom stereocenters. The van der Waals surface area contributed by atoms with Gasteiger partial charge in [-0.3, -0.25) is 0 Å². The van der Waals surface area contributed by atoms with Crippen LogP contribution in [0.2, 0.25) is 0 Å². The minimum Gasteiger partial charge on any atom is -0.375 e. The van der Waals surface area contributed by atoms with E-state index in [9.17, 15) is 0 Å². The van der Waals surface area contributed by atoms with Gasteiger partial charge in [0.2, 0.25) is 0 Å². The Labute approximate surface area is 94.8 Å². The van der Waals surface area contributed by atoms with Crippen LogP contribution in [-0.2, 0) is 12.8 Å². The monoisotopic (exact) mass is 220 g/mol. The second kappa shape index (κ2) is 6.19. The topological polar surface area (TPSA) is 38.9 Å². The number of aromatic nitrogens is 1. The van der Waals surface area contributed by atoms with Gasteiger partial charge in [0.05, 0.1) is 5.69 Å². The third-order valence-corrected chi connectivity index (χ3v) is 2.88. The van der Waals surface area contributed by atoms with E-state index in [0.717, 1.165) is 18.5 Å². The first-order valence-corrected chi connectivity index (χ1v) is 5.77. The molecule has 2 N–H and O–H groups in total. The molecule has 2 nitrogen and oxygen atoms in total. The second-order valence-corrected chi connectivity index (χ2v) is 4.14. The van der Waals surface area contributed by atoms with Crippen LogP contribution in [0, 0.1) is 0 Å². The molecule has 0 amide bonds. The Balaban J connectivity index is 2.60. The van der Waals surface area contributed by atoms with E-state index in [4.69, 9.17) is 5.73 Å². The SMILES string of the molecule is C=C/C=C\C=C/Cc1sc(N)nc1CC. The molecule has 0 aromatic carbocycles. The van der Waals surface area contributed by atoms with E-state index >= 15 is 0 Å². The number of aryl methyl sites for hydroxylation is 1. The molecule has 80 valence electrons. The molecule has 1 aromatic rings. The van der Waals surface area contributed by atoms with Crippen LogP contribution in [0.25, 0.3) is 0 Å². The average molecular weight is 220 g/mol.